The highest BCUT2D eigenvalue weighted by Crippen LogP contribution is 2.36. The lowest BCUT2D eigenvalue weighted by Crippen LogP contribution is -2.46. The van der Waals surface area contributed by atoms with E-state index in [0.717, 1.165) is 18.5 Å². The molecule has 106 valence electrons. The van der Waals surface area contributed by atoms with E-state index in [1.54, 1.807) is 0 Å². The quantitative estimate of drug-likeness (QED) is 0.785. The van der Waals surface area contributed by atoms with Crippen molar-refractivity contribution < 1.29 is 0 Å². The van der Waals surface area contributed by atoms with Crippen LogP contribution in [0, 0.1) is 5.92 Å². The van der Waals surface area contributed by atoms with Crippen LogP contribution in [-0.2, 0) is 0 Å². The number of hydrogen-bond donors (Lipinski definition) is 1. The molecule has 0 aromatic carbocycles. The molecule has 2 unspecified atom stereocenters. The zero-order chi connectivity index (χ0) is 13.0. The largest absolute Gasteiger partial charge is 0.329 e. The molecule has 1 saturated carbocycles. The van der Waals surface area contributed by atoms with E-state index in [1.165, 1.54) is 58.2 Å². The lowest BCUT2D eigenvalue weighted by Gasteiger charge is -2.34. The summed E-state index contributed by atoms with van der Waals surface area (Å²) in [5.41, 5.74) is 5.98. The average molecular weight is 253 g/mol. The predicted molar refractivity (Wildman–Crippen MR) is 77.7 cm³/mol. The lowest BCUT2D eigenvalue weighted by molar-refractivity contribution is 0.144. The van der Waals surface area contributed by atoms with Crippen molar-refractivity contribution in [2.24, 2.45) is 11.7 Å². The van der Waals surface area contributed by atoms with Crippen molar-refractivity contribution in [1.29, 1.82) is 0 Å². The first kappa shape index (κ1) is 14.3. The second kappa shape index (κ2) is 6.88. The minimum atomic E-state index is 0.646. The van der Waals surface area contributed by atoms with Crippen molar-refractivity contribution in [2.45, 2.75) is 57.5 Å². The third-order valence-corrected chi connectivity index (χ3v) is 4.84. The van der Waals surface area contributed by atoms with Crippen molar-refractivity contribution in [3.05, 3.63) is 0 Å². The summed E-state index contributed by atoms with van der Waals surface area (Å²) < 4.78 is 0. The second-order valence-electron chi connectivity index (χ2n) is 6.23. The Bertz CT molecular complexity index is 240. The molecule has 2 atom stereocenters. The van der Waals surface area contributed by atoms with Crippen LogP contribution in [0.2, 0.25) is 0 Å². The monoisotopic (exact) mass is 253 g/mol. The summed E-state index contributed by atoms with van der Waals surface area (Å²) in [7, 11) is 2.32. The van der Waals surface area contributed by atoms with E-state index in [4.69, 9.17) is 5.73 Å². The Morgan fingerprint density at radius 2 is 2.00 bits per heavy atom. The summed E-state index contributed by atoms with van der Waals surface area (Å²) >= 11 is 0. The molecule has 0 aromatic rings. The van der Waals surface area contributed by atoms with Gasteiger partial charge in [-0.3, -0.25) is 4.90 Å². The standard InChI is InChI=1S/C15H31N3/c1-3-9-18-10-4-5-14(8-11-18)17(2)15(12-16)13-6-7-13/h13-15H,3-12,16H2,1-2H3. The fraction of sp³-hybridized carbons (Fsp3) is 1.00. The molecule has 0 radical (unpaired) electrons. The molecule has 2 N–H and O–H groups in total. The van der Waals surface area contributed by atoms with Crippen LogP contribution in [0.3, 0.4) is 0 Å². The Morgan fingerprint density at radius 3 is 2.61 bits per heavy atom. The third-order valence-electron chi connectivity index (χ3n) is 4.84. The minimum absolute atomic E-state index is 0.646. The Morgan fingerprint density at radius 1 is 1.22 bits per heavy atom. The van der Waals surface area contributed by atoms with Crippen LogP contribution >= 0.6 is 0 Å². The molecule has 2 aliphatic rings. The van der Waals surface area contributed by atoms with Crippen LogP contribution in [0.25, 0.3) is 0 Å². The van der Waals surface area contributed by atoms with Crippen molar-refractivity contribution in [1.82, 2.24) is 9.80 Å². The fourth-order valence-electron chi connectivity index (χ4n) is 3.53. The van der Waals surface area contributed by atoms with Gasteiger partial charge in [-0.2, -0.15) is 0 Å². The van der Waals surface area contributed by atoms with Crippen LogP contribution in [0.15, 0.2) is 0 Å². The fourth-order valence-corrected chi connectivity index (χ4v) is 3.53. The zero-order valence-corrected chi connectivity index (χ0v) is 12.3. The smallest absolute Gasteiger partial charge is 0.0246 e. The number of likely N-dealkylation sites (N-methyl/N-ethyl adjacent to an activating group) is 1. The molecule has 1 aliphatic heterocycles. The van der Waals surface area contributed by atoms with E-state index in [-0.39, 0.29) is 0 Å². The summed E-state index contributed by atoms with van der Waals surface area (Å²) in [6.45, 7) is 6.99. The van der Waals surface area contributed by atoms with Gasteiger partial charge in [0.05, 0.1) is 0 Å². The van der Waals surface area contributed by atoms with Crippen molar-refractivity contribution in [3.63, 3.8) is 0 Å². The Labute approximate surface area is 113 Å². The molecule has 1 saturated heterocycles. The summed E-state index contributed by atoms with van der Waals surface area (Å²) in [5.74, 6) is 0.898. The SMILES string of the molecule is CCCN1CCCC(N(C)C(CN)C2CC2)CC1. The van der Waals surface area contributed by atoms with Crippen molar-refractivity contribution in [3.8, 4) is 0 Å². The van der Waals surface area contributed by atoms with Crippen molar-refractivity contribution >= 4 is 0 Å². The zero-order valence-electron chi connectivity index (χ0n) is 12.3. The van der Waals surface area contributed by atoms with Crippen LogP contribution in [0.5, 0.6) is 0 Å². The van der Waals surface area contributed by atoms with Gasteiger partial charge in [-0.05, 0) is 71.1 Å². The lowest BCUT2D eigenvalue weighted by atomic mass is 10.0. The first-order valence-electron chi connectivity index (χ1n) is 7.90. The van der Waals surface area contributed by atoms with Gasteiger partial charge < -0.3 is 10.6 Å². The number of nitrogens with two attached hydrogens (primary N) is 1. The Kier molecular flexibility index (Phi) is 5.46. The Hall–Kier alpha value is -0.120. The van der Waals surface area contributed by atoms with E-state index in [2.05, 4.69) is 23.8 Å². The Balaban J connectivity index is 1.84. The maximum atomic E-state index is 5.98. The van der Waals surface area contributed by atoms with Crippen LogP contribution in [-0.4, -0.2) is 55.1 Å². The number of likely N-dealkylation sites (tertiary alicyclic amines) is 1. The molecule has 1 aliphatic carbocycles. The normalized spacial score (nSPS) is 28.3. The van der Waals surface area contributed by atoms with Crippen LogP contribution in [0.4, 0.5) is 0 Å². The summed E-state index contributed by atoms with van der Waals surface area (Å²) in [6, 6.07) is 1.41. The highest BCUT2D eigenvalue weighted by Gasteiger charge is 2.35. The number of rotatable bonds is 6. The van der Waals surface area contributed by atoms with Gasteiger partial charge in [0.1, 0.15) is 0 Å². The highest BCUT2D eigenvalue weighted by molar-refractivity contribution is 4.91. The molecule has 1 heterocycles. The van der Waals surface area contributed by atoms with Gasteiger partial charge in [0, 0.05) is 18.6 Å². The van der Waals surface area contributed by atoms with Gasteiger partial charge in [0.25, 0.3) is 0 Å². The summed E-state index contributed by atoms with van der Waals surface area (Å²) in [5, 5.41) is 0. The van der Waals surface area contributed by atoms with E-state index >= 15 is 0 Å². The summed E-state index contributed by atoms with van der Waals surface area (Å²) in [6.07, 6.45) is 8.15. The van der Waals surface area contributed by atoms with E-state index in [0.29, 0.717) is 6.04 Å². The molecule has 0 aromatic heterocycles. The van der Waals surface area contributed by atoms with E-state index < -0.39 is 0 Å². The number of hydrogen-bond acceptors (Lipinski definition) is 3. The minimum Gasteiger partial charge on any atom is -0.329 e. The molecule has 0 bridgehead atoms. The molecular weight excluding hydrogens is 222 g/mol. The molecule has 0 amide bonds. The van der Waals surface area contributed by atoms with Gasteiger partial charge in [-0.15, -0.1) is 0 Å². The molecule has 2 fully saturated rings. The first-order chi connectivity index (χ1) is 8.76. The van der Waals surface area contributed by atoms with Crippen LogP contribution < -0.4 is 5.73 Å². The number of nitrogens with zero attached hydrogens (tertiary/aromatic N) is 2. The molecule has 3 nitrogen and oxygen atoms in total. The van der Waals surface area contributed by atoms with Gasteiger partial charge >= 0.3 is 0 Å². The second-order valence-corrected chi connectivity index (χ2v) is 6.23. The molecule has 0 spiro atoms. The molecule has 2 rings (SSSR count). The third kappa shape index (κ3) is 3.69. The molecule has 3 heteroatoms. The van der Waals surface area contributed by atoms with Gasteiger partial charge in [0.15, 0.2) is 0 Å². The first-order valence-corrected chi connectivity index (χ1v) is 7.90. The van der Waals surface area contributed by atoms with Crippen LogP contribution in [0.1, 0.15) is 45.4 Å². The molecule has 18 heavy (non-hydrogen) atoms. The predicted octanol–water partition coefficient (Wildman–Crippen LogP) is 1.92. The van der Waals surface area contributed by atoms with E-state index in [1.807, 2.05) is 0 Å². The van der Waals surface area contributed by atoms with Crippen molar-refractivity contribution in [2.75, 3.05) is 33.2 Å². The van der Waals surface area contributed by atoms with Gasteiger partial charge in [-0.25, -0.2) is 0 Å². The molecular formula is C15H31N3. The van der Waals surface area contributed by atoms with Gasteiger partial charge in [0.2, 0.25) is 0 Å². The maximum absolute atomic E-state index is 5.98. The topological polar surface area (TPSA) is 32.5 Å². The van der Waals surface area contributed by atoms with Gasteiger partial charge in [-0.1, -0.05) is 6.92 Å². The average Bonchev–Trinajstić information content (AvgIpc) is 3.17. The maximum Gasteiger partial charge on any atom is 0.0246 e. The van der Waals surface area contributed by atoms with E-state index in [9.17, 15) is 0 Å². The highest BCUT2D eigenvalue weighted by atomic mass is 15.2. The summed E-state index contributed by atoms with van der Waals surface area (Å²) in [4.78, 5) is 5.26.